The van der Waals surface area contributed by atoms with Gasteiger partial charge in [-0.15, -0.1) is 0 Å². The van der Waals surface area contributed by atoms with E-state index in [0.717, 1.165) is 37.8 Å². The van der Waals surface area contributed by atoms with Gasteiger partial charge in [0.25, 0.3) is 0 Å². The summed E-state index contributed by atoms with van der Waals surface area (Å²) < 4.78 is 0. The highest BCUT2D eigenvalue weighted by Crippen LogP contribution is 2.15. The van der Waals surface area contributed by atoms with Gasteiger partial charge in [0, 0.05) is 45.2 Å². The van der Waals surface area contributed by atoms with E-state index in [9.17, 15) is 4.79 Å². The minimum Gasteiger partial charge on any atom is -0.369 e. The van der Waals surface area contributed by atoms with E-state index in [1.807, 2.05) is 6.07 Å². The fraction of sp³-hybridized carbons (Fsp3) is 0.615. The molecule has 0 saturated carbocycles. The number of hydrogen-bond donors (Lipinski definition) is 1. The van der Waals surface area contributed by atoms with E-state index in [0.29, 0.717) is 13.0 Å². The largest absolute Gasteiger partial charge is 0.369 e. The minimum atomic E-state index is 0.181. The number of carbonyl (C=O) groups is 1. The molecule has 0 atom stereocenters. The summed E-state index contributed by atoms with van der Waals surface area (Å²) in [6, 6.07) is 1.95. The van der Waals surface area contributed by atoms with E-state index >= 15 is 0 Å². The fourth-order valence-corrected chi connectivity index (χ4v) is 2.02. The molecule has 0 amide bonds. The van der Waals surface area contributed by atoms with Gasteiger partial charge >= 0.3 is 0 Å². The first-order chi connectivity index (χ1) is 9.15. The molecule has 0 radical (unpaired) electrons. The zero-order valence-electron chi connectivity index (χ0n) is 11.6. The van der Waals surface area contributed by atoms with Gasteiger partial charge in [-0.25, -0.2) is 9.97 Å². The van der Waals surface area contributed by atoms with E-state index in [1.165, 1.54) is 0 Å². The van der Waals surface area contributed by atoms with Crippen LogP contribution in [0.25, 0.3) is 0 Å². The van der Waals surface area contributed by atoms with Gasteiger partial charge in [0.1, 0.15) is 23.7 Å². The first-order valence-corrected chi connectivity index (χ1v) is 6.64. The topological polar surface area (TPSA) is 61.4 Å². The summed E-state index contributed by atoms with van der Waals surface area (Å²) >= 11 is 0. The zero-order valence-corrected chi connectivity index (χ0v) is 11.6. The summed E-state index contributed by atoms with van der Waals surface area (Å²) in [7, 11) is 2.13. The number of carbonyl (C=O) groups excluding carboxylic acids is 1. The van der Waals surface area contributed by atoms with Crippen molar-refractivity contribution in [2.75, 3.05) is 50.0 Å². The molecular weight excluding hydrogens is 242 g/mol. The van der Waals surface area contributed by atoms with Crippen LogP contribution >= 0.6 is 0 Å². The Balaban J connectivity index is 1.93. The summed E-state index contributed by atoms with van der Waals surface area (Å²) in [4.78, 5) is 24.0. The molecule has 1 aromatic heterocycles. The van der Waals surface area contributed by atoms with Crippen LogP contribution in [-0.4, -0.2) is 60.4 Å². The normalized spacial score (nSPS) is 16.4. The number of Topliss-reactive ketones (excluding diaryl/α,β-unsaturated/α-hetero) is 1. The average molecular weight is 263 g/mol. The summed E-state index contributed by atoms with van der Waals surface area (Å²) in [5, 5.41) is 3.16. The van der Waals surface area contributed by atoms with Crippen molar-refractivity contribution >= 4 is 17.4 Å². The van der Waals surface area contributed by atoms with Crippen molar-refractivity contribution in [3.05, 3.63) is 12.4 Å². The molecule has 0 aliphatic carbocycles. The minimum absolute atomic E-state index is 0.181. The lowest BCUT2D eigenvalue weighted by Gasteiger charge is -2.33. The molecule has 0 unspecified atom stereocenters. The van der Waals surface area contributed by atoms with Crippen molar-refractivity contribution in [1.82, 2.24) is 14.9 Å². The van der Waals surface area contributed by atoms with E-state index in [4.69, 9.17) is 0 Å². The summed E-state index contributed by atoms with van der Waals surface area (Å²) in [5.74, 6) is 1.92. The quantitative estimate of drug-likeness (QED) is 0.840. The second-order valence-electron chi connectivity index (χ2n) is 4.93. The number of piperazine rings is 1. The van der Waals surface area contributed by atoms with Crippen LogP contribution in [0.4, 0.5) is 11.6 Å². The second kappa shape index (κ2) is 6.47. The van der Waals surface area contributed by atoms with Gasteiger partial charge in [-0.2, -0.15) is 0 Å². The Bertz CT molecular complexity index is 429. The van der Waals surface area contributed by atoms with Crippen molar-refractivity contribution in [3.8, 4) is 0 Å². The number of aromatic nitrogens is 2. The molecule has 2 rings (SSSR count). The Morgan fingerprint density at radius 2 is 2.05 bits per heavy atom. The molecule has 1 aromatic rings. The molecule has 19 heavy (non-hydrogen) atoms. The Kier molecular flexibility index (Phi) is 4.68. The molecular formula is C13H21N5O. The van der Waals surface area contributed by atoms with E-state index in [1.54, 1.807) is 13.3 Å². The van der Waals surface area contributed by atoms with E-state index in [2.05, 4.69) is 32.1 Å². The number of likely N-dealkylation sites (N-methyl/N-ethyl adjacent to an activating group) is 1. The molecule has 0 bridgehead atoms. The molecule has 1 aliphatic heterocycles. The molecule has 1 saturated heterocycles. The standard InChI is InChI=1S/C13H21N5O/c1-11(19)3-4-14-12-9-13(16-10-15-12)18-7-5-17(2)6-8-18/h9-10H,3-8H2,1-2H3,(H,14,15,16). The Morgan fingerprint density at radius 1 is 1.32 bits per heavy atom. The highest BCUT2D eigenvalue weighted by atomic mass is 16.1. The second-order valence-corrected chi connectivity index (χ2v) is 4.93. The summed E-state index contributed by atoms with van der Waals surface area (Å²) in [5.41, 5.74) is 0. The molecule has 2 heterocycles. The van der Waals surface area contributed by atoms with Crippen LogP contribution in [0, 0.1) is 0 Å². The number of nitrogens with one attached hydrogen (secondary N) is 1. The first kappa shape index (κ1) is 13.7. The summed E-state index contributed by atoms with van der Waals surface area (Å²) in [6.45, 7) is 6.29. The predicted octanol–water partition coefficient (Wildman–Crippen LogP) is 0.619. The van der Waals surface area contributed by atoms with Crippen LogP contribution in [0.3, 0.4) is 0 Å². The maximum Gasteiger partial charge on any atom is 0.134 e. The molecule has 6 nitrogen and oxygen atoms in total. The third-order valence-electron chi connectivity index (χ3n) is 3.26. The summed E-state index contributed by atoms with van der Waals surface area (Å²) in [6.07, 6.45) is 2.09. The zero-order chi connectivity index (χ0) is 13.7. The highest BCUT2D eigenvalue weighted by Gasteiger charge is 2.15. The van der Waals surface area contributed by atoms with Crippen molar-refractivity contribution in [2.45, 2.75) is 13.3 Å². The Labute approximate surface area is 113 Å². The fourth-order valence-electron chi connectivity index (χ4n) is 2.02. The van der Waals surface area contributed by atoms with Gasteiger partial charge < -0.3 is 15.1 Å². The Morgan fingerprint density at radius 3 is 2.74 bits per heavy atom. The first-order valence-electron chi connectivity index (χ1n) is 6.64. The van der Waals surface area contributed by atoms with Gasteiger partial charge in [0.2, 0.25) is 0 Å². The van der Waals surface area contributed by atoms with E-state index < -0.39 is 0 Å². The lowest BCUT2D eigenvalue weighted by Crippen LogP contribution is -2.44. The molecule has 1 fully saturated rings. The number of rotatable bonds is 5. The van der Waals surface area contributed by atoms with Crippen molar-refractivity contribution in [3.63, 3.8) is 0 Å². The molecule has 1 aliphatic rings. The highest BCUT2D eigenvalue weighted by molar-refractivity contribution is 5.75. The SMILES string of the molecule is CC(=O)CCNc1cc(N2CCN(C)CC2)ncn1. The lowest BCUT2D eigenvalue weighted by molar-refractivity contribution is -0.116. The average Bonchev–Trinajstić information content (AvgIpc) is 2.39. The van der Waals surface area contributed by atoms with Crippen molar-refractivity contribution in [2.24, 2.45) is 0 Å². The van der Waals surface area contributed by atoms with E-state index in [-0.39, 0.29) is 5.78 Å². The van der Waals surface area contributed by atoms with Gasteiger partial charge in [-0.05, 0) is 14.0 Å². The van der Waals surface area contributed by atoms with Crippen LogP contribution in [0.1, 0.15) is 13.3 Å². The van der Waals surface area contributed by atoms with Gasteiger partial charge in [0.15, 0.2) is 0 Å². The van der Waals surface area contributed by atoms with Crippen molar-refractivity contribution in [1.29, 1.82) is 0 Å². The number of anilines is 2. The molecule has 0 spiro atoms. The smallest absolute Gasteiger partial charge is 0.134 e. The molecule has 1 N–H and O–H groups in total. The number of hydrogen-bond acceptors (Lipinski definition) is 6. The van der Waals surface area contributed by atoms with Gasteiger partial charge in [-0.1, -0.05) is 0 Å². The van der Waals surface area contributed by atoms with Gasteiger partial charge in [-0.3, -0.25) is 4.79 Å². The molecule has 104 valence electrons. The van der Waals surface area contributed by atoms with Crippen LogP contribution in [-0.2, 0) is 4.79 Å². The van der Waals surface area contributed by atoms with Crippen LogP contribution in [0.2, 0.25) is 0 Å². The number of nitrogens with zero attached hydrogens (tertiary/aromatic N) is 4. The monoisotopic (exact) mass is 263 g/mol. The third-order valence-corrected chi connectivity index (χ3v) is 3.26. The van der Waals surface area contributed by atoms with Crippen LogP contribution < -0.4 is 10.2 Å². The number of ketones is 1. The third kappa shape index (κ3) is 4.17. The maximum atomic E-state index is 10.9. The molecule has 0 aromatic carbocycles. The lowest BCUT2D eigenvalue weighted by atomic mass is 10.3. The molecule has 6 heteroatoms. The van der Waals surface area contributed by atoms with Crippen LogP contribution in [0.5, 0.6) is 0 Å². The predicted molar refractivity (Wildman–Crippen MR) is 75.5 cm³/mol. The van der Waals surface area contributed by atoms with Crippen LogP contribution in [0.15, 0.2) is 12.4 Å². The maximum absolute atomic E-state index is 10.9. The Hall–Kier alpha value is -1.69. The van der Waals surface area contributed by atoms with Crippen molar-refractivity contribution < 1.29 is 4.79 Å². The van der Waals surface area contributed by atoms with Gasteiger partial charge in [0.05, 0.1) is 0 Å².